The highest BCUT2D eigenvalue weighted by atomic mass is 35.5. The van der Waals surface area contributed by atoms with Crippen molar-refractivity contribution in [1.29, 1.82) is 5.26 Å². The van der Waals surface area contributed by atoms with Gasteiger partial charge in [0.2, 0.25) is 0 Å². The molecule has 0 aliphatic rings. The average molecular weight is 454 g/mol. The monoisotopic (exact) mass is 453 g/mol. The summed E-state index contributed by atoms with van der Waals surface area (Å²) in [5.74, 6) is 0. The van der Waals surface area contributed by atoms with Crippen molar-refractivity contribution in [3.05, 3.63) is 38.1 Å². The number of alkyl halides is 6. The van der Waals surface area contributed by atoms with Crippen LogP contribution in [0.4, 0.5) is 26.3 Å². The molecule has 0 spiro atoms. The van der Waals surface area contributed by atoms with Gasteiger partial charge in [-0.2, -0.15) is 31.6 Å². The average Bonchev–Trinajstić information content (AvgIpc) is 2.74. The minimum Gasteiger partial charge on any atom is -0.282 e. The van der Waals surface area contributed by atoms with Crippen LogP contribution < -0.4 is 5.56 Å². The number of nitrogens with one attached hydrogen (secondary N) is 1. The Balaban J connectivity index is 2.69. The molecule has 140 valence electrons. The van der Waals surface area contributed by atoms with Gasteiger partial charge in [-0.15, -0.1) is 0 Å². The van der Waals surface area contributed by atoms with Crippen LogP contribution in [0.25, 0.3) is 5.69 Å². The van der Waals surface area contributed by atoms with Gasteiger partial charge in [0.05, 0.1) is 15.6 Å². The quantitative estimate of drug-likeness (QED) is 0.369. The number of thiocyanates is 1. The van der Waals surface area contributed by atoms with Gasteiger partial charge in [0.15, 0.2) is 0 Å². The van der Waals surface area contributed by atoms with E-state index in [2.05, 4.69) is 5.10 Å². The highest BCUT2D eigenvalue weighted by molar-refractivity contribution is 8.05. The van der Waals surface area contributed by atoms with Crippen molar-refractivity contribution in [3.63, 3.8) is 0 Å². The predicted molar refractivity (Wildman–Crippen MR) is 84.8 cm³/mol. The molecular formula is C12H3Cl2F6N3OS2. The van der Waals surface area contributed by atoms with Crippen LogP contribution in [-0.2, 0) is 6.18 Å². The van der Waals surface area contributed by atoms with Gasteiger partial charge in [-0.05, 0) is 23.9 Å². The van der Waals surface area contributed by atoms with Crippen LogP contribution in [0.1, 0.15) is 5.56 Å². The lowest BCUT2D eigenvalue weighted by atomic mass is 10.2. The molecule has 0 amide bonds. The fourth-order valence-electron chi connectivity index (χ4n) is 1.82. The number of benzene rings is 1. The summed E-state index contributed by atoms with van der Waals surface area (Å²) >= 11 is 11.0. The first-order valence-electron chi connectivity index (χ1n) is 6.08. The molecule has 4 nitrogen and oxygen atoms in total. The standard InChI is InChI=1S/C12H3Cl2F6N3OS2/c13-5-1-4(11(15,16)17)2-6(14)7(5)23-10(24)8(26-12(18,19)20)9(22-23)25-3-21/h1-2,22H. The Morgan fingerprint density at radius 2 is 1.65 bits per heavy atom. The smallest absolute Gasteiger partial charge is 0.282 e. The van der Waals surface area contributed by atoms with Gasteiger partial charge >= 0.3 is 11.7 Å². The lowest BCUT2D eigenvalue weighted by Crippen LogP contribution is -2.18. The topological polar surface area (TPSA) is 61.6 Å². The van der Waals surface area contributed by atoms with E-state index in [9.17, 15) is 31.1 Å². The maximum Gasteiger partial charge on any atom is 0.446 e. The molecule has 0 atom stereocenters. The van der Waals surface area contributed by atoms with Crippen LogP contribution >= 0.6 is 46.7 Å². The molecule has 0 saturated carbocycles. The first-order chi connectivity index (χ1) is 11.8. The van der Waals surface area contributed by atoms with Crippen molar-refractivity contribution in [2.24, 2.45) is 0 Å². The van der Waals surface area contributed by atoms with Crippen molar-refractivity contribution >= 4 is 46.7 Å². The summed E-state index contributed by atoms with van der Waals surface area (Å²) in [6.07, 6.45) is -4.77. The number of aromatic amines is 1. The van der Waals surface area contributed by atoms with Crippen LogP contribution in [0, 0.1) is 10.7 Å². The van der Waals surface area contributed by atoms with Gasteiger partial charge < -0.3 is 0 Å². The van der Waals surface area contributed by atoms with Crippen LogP contribution in [0.2, 0.25) is 10.0 Å². The molecule has 26 heavy (non-hydrogen) atoms. The highest BCUT2D eigenvalue weighted by Gasteiger charge is 2.35. The summed E-state index contributed by atoms with van der Waals surface area (Å²) in [5, 5.41) is 10.7. The lowest BCUT2D eigenvalue weighted by Gasteiger charge is -2.12. The molecule has 1 aromatic heterocycles. The van der Waals surface area contributed by atoms with Crippen LogP contribution in [0.5, 0.6) is 0 Å². The van der Waals surface area contributed by atoms with E-state index < -0.39 is 60.2 Å². The van der Waals surface area contributed by atoms with E-state index in [1.54, 1.807) is 0 Å². The minimum atomic E-state index is -4.84. The lowest BCUT2D eigenvalue weighted by molar-refractivity contribution is -0.137. The molecule has 2 aromatic rings. The first kappa shape index (κ1) is 20.9. The van der Waals surface area contributed by atoms with E-state index in [-0.39, 0.29) is 11.8 Å². The highest BCUT2D eigenvalue weighted by Crippen LogP contribution is 2.41. The van der Waals surface area contributed by atoms with Crippen LogP contribution in [0.15, 0.2) is 26.8 Å². The Hall–Kier alpha value is -1.42. The van der Waals surface area contributed by atoms with Gasteiger partial charge in [0.1, 0.15) is 21.0 Å². The fraction of sp³-hybridized carbons (Fsp3) is 0.167. The summed E-state index contributed by atoms with van der Waals surface area (Å²) < 4.78 is 76.6. The zero-order valence-corrected chi connectivity index (χ0v) is 14.9. The molecule has 1 heterocycles. The largest absolute Gasteiger partial charge is 0.446 e. The molecule has 14 heteroatoms. The summed E-state index contributed by atoms with van der Waals surface area (Å²) in [5.41, 5.74) is -7.78. The molecule has 2 rings (SSSR count). The zero-order chi connectivity index (χ0) is 19.9. The number of H-pyrrole nitrogens is 1. The third kappa shape index (κ3) is 4.46. The first-order valence-corrected chi connectivity index (χ1v) is 8.47. The molecule has 0 fully saturated rings. The van der Waals surface area contributed by atoms with E-state index in [0.29, 0.717) is 16.8 Å². The Bertz CT molecular complexity index is 921. The number of aromatic nitrogens is 2. The number of hydrogen-bond donors (Lipinski definition) is 1. The maximum absolute atomic E-state index is 12.8. The van der Waals surface area contributed by atoms with Gasteiger partial charge in [0.25, 0.3) is 5.56 Å². The molecule has 0 aliphatic heterocycles. The summed E-state index contributed by atoms with van der Waals surface area (Å²) in [6, 6.07) is 0.952. The molecule has 0 saturated heterocycles. The van der Waals surface area contributed by atoms with Crippen molar-refractivity contribution in [2.75, 3.05) is 0 Å². The molecule has 1 aromatic carbocycles. The summed E-state index contributed by atoms with van der Waals surface area (Å²) in [4.78, 5) is 11.4. The SMILES string of the molecule is N#CSc1[nH]n(-c2c(Cl)cc(C(F)(F)F)cc2Cl)c(=O)c1SC(F)(F)F. The number of thioether (sulfide) groups is 2. The van der Waals surface area contributed by atoms with Crippen LogP contribution in [0.3, 0.4) is 0 Å². The summed E-state index contributed by atoms with van der Waals surface area (Å²) in [7, 11) is 0. The number of halogens is 8. The number of rotatable bonds is 3. The second-order valence-electron chi connectivity index (χ2n) is 4.44. The van der Waals surface area contributed by atoms with E-state index >= 15 is 0 Å². The third-order valence-corrected chi connectivity index (χ3v) is 4.86. The van der Waals surface area contributed by atoms with Crippen molar-refractivity contribution in [2.45, 2.75) is 21.6 Å². The Labute approximate surface area is 159 Å². The fourth-order valence-corrected chi connectivity index (χ4v) is 3.69. The van der Waals surface area contributed by atoms with E-state index in [4.69, 9.17) is 28.5 Å². The Morgan fingerprint density at radius 1 is 1.12 bits per heavy atom. The Kier molecular flexibility index (Phi) is 5.86. The second kappa shape index (κ2) is 7.30. The van der Waals surface area contributed by atoms with Crippen molar-refractivity contribution in [3.8, 4) is 11.1 Å². The molecule has 0 bridgehead atoms. The second-order valence-corrected chi connectivity index (χ2v) is 7.12. The minimum absolute atomic E-state index is 0.234. The number of hydrogen-bond acceptors (Lipinski definition) is 4. The molecule has 0 unspecified atom stereocenters. The van der Waals surface area contributed by atoms with Crippen LogP contribution in [-0.4, -0.2) is 15.3 Å². The zero-order valence-electron chi connectivity index (χ0n) is 11.8. The third-order valence-electron chi connectivity index (χ3n) is 2.75. The number of nitriles is 1. The van der Waals surface area contributed by atoms with Gasteiger partial charge in [-0.3, -0.25) is 9.89 Å². The van der Waals surface area contributed by atoms with E-state index in [0.717, 1.165) is 0 Å². The molecule has 0 aliphatic carbocycles. The molecular weight excluding hydrogens is 451 g/mol. The maximum atomic E-state index is 12.8. The van der Waals surface area contributed by atoms with E-state index in [1.165, 1.54) is 5.40 Å². The molecule has 0 radical (unpaired) electrons. The van der Waals surface area contributed by atoms with Crippen molar-refractivity contribution in [1.82, 2.24) is 9.78 Å². The normalized spacial score (nSPS) is 12.3. The van der Waals surface area contributed by atoms with Crippen molar-refractivity contribution < 1.29 is 26.3 Å². The number of nitrogens with zero attached hydrogens (tertiary/aromatic N) is 2. The predicted octanol–water partition coefficient (Wildman–Crippen LogP) is 5.68. The van der Waals surface area contributed by atoms with Gasteiger partial charge in [-0.1, -0.05) is 23.2 Å². The Morgan fingerprint density at radius 3 is 2.08 bits per heavy atom. The van der Waals surface area contributed by atoms with E-state index in [1.807, 2.05) is 0 Å². The molecule has 1 N–H and O–H groups in total. The summed E-state index contributed by atoms with van der Waals surface area (Å²) in [6.45, 7) is 0. The van der Waals surface area contributed by atoms with Gasteiger partial charge in [0, 0.05) is 11.8 Å². The van der Waals surface area contributed by atoms with Gasteiger partial charge in [-0.25, -0.2) is 4.68 Å².